The van der Waals surface area contributed by atoms with Crippen molar-refractivity contribution in [3.63, 3.8) is 0 Å². The summed E-state index contributed by atoms with van der Waals surface area (Å²) in [6.45, 7) is 5.97. The lowest BCUT2D eigenvalue weighted by molar-refractivity contribution is -0.138. The lowest BCUT2D eigenvalue weighted by atomic mass is 10.0. The molecule has 0 radical (unpaired) electrons. The van der Waals surface area contributed by atoms with Gasteiger partial charge in [-0.2, -0.15) is 22.5 Å². The number of ether oxygens (including phenoxy) is 1. The van der Waals surface area contributed by atoms with Crippen LogP contribution in [0.5, 0.6) is 10.9 Å². The number of hydrogen-bond acceptors (Lipinski definition) is 5. The number of piperidine rings is 1. The number of aliphatic imine (C=N–C) groups is 1. The van der Waals surface area contributed by atoms with Crippen LogP contribution in [0, 0.1) is 13.8 Å². The Morgan fingerprint density at radius 1 is 1.09 bits per heavy atom. The minimum atomic E-state index is -4.42. The number of alkyl halides is 3. The predicted octanol–water partition coefficient (Wildman–Crippen LogP) is 6.70. The Labute approximate surface area is 195 Å². The van der Waals surface area contributed by atoms with E-state index in [1.54, 1.807) is 6.07 Å². The molecular formula is C24H25F3N4OS. The summed E-state index contributed by atoms with van der Waals surface area (Å²) in [6, 6.07) is 9.34. The van der Waals surface area contributed by atoms with Crippen molar-refractivity contribution < 1.29 is 17.9 Å². The van der Waals surface area contributed by atoms with Crippen molar-refractivity contribution in [1.29, 1.82) is 0 Å². The SMILES string of the molecule is Cc1cc(Oc2nc(Cc3ccccc3C(F)(F)F)ns2)c(C)cc1/N=C/N1CCCCC1. The van der Waals surface area contributed by atoms with Gasteiger partial charge in [-0.3, -0.25) is 0 Å². The summed E-state index contributed by atoms with van der Waals surface area (Å²) in [6.07, 6.45) is 1.15. The molecule has 5 nitrogen and oxygen atoms in total. The molecule has 0 spiro atoms. The smallest absolute Gasteiger partial charge is 0.416 e. The zero-order chi connectivity index (χ0) is 23.4. The fourth-order valence-corrected chi connectivity index (χ4v) is 4.33. The van der Waals surface area contributed by atoms with E-state index in [-0.39, 0.29) is 12.0 Å². The summed E-state index contributed by atoms with van der Waals surface area (Å²) in [7, 11) is 0. The molecule has 4 rings (SSSR count). The van der Waals surface area contributed by atoms with Crippen LogP contribution in [0.1, 0.15) is 47.3 Å². The highest BCUT2D eigenvalue weighted by molar-refractivity contribution is 7.07. The number of halogens is 3. The summed E-state index contributed by atoms with van der Waals surface area (Å²) in [5.74, 6) is 0.923. The summed E-state index contributed by atoms with van der Waals surface area (Å²) < 4.78 is 49.8. The van der Waals surface area contributed by atoms with Crippen molar-refractivity contribution in [3.05, 3.63) is 64.5 Å². The maximum Gasteiger partial charge on any atom is 0.416 e. The van der Waals surface area contributed by atoms with Gasteiger partial charge in [-0.25, -0.2) is 4.99 Å². The molecule has 33 heavy (non-hydrogen) atoms. The van der Waals surface area contributed by atoms with E-state index in [0.717, 1.165) is 47.5 Å². The third-order valence-corrected chi connectivity index (χ3v) is 6.20. The van der Waals surface area contributed by atoms with Crippen molar-refractivity contribution >= 4 is 23.6 Å². The Morgan fingerprint density at radius 2 is 1.85 bits per heavy atom. The fraction of sp³-hybridized carbons (Fsp3) is 0.375. The molecule has 1 aromatic heterocycles. The molecule has 0 aliphatic carbocycles. The monoisotopic (exact) mass is 474 g/mol. The molecule has 0 N–H and O–H groups in total. The Balaban J connectivity index is 1.46. The van der Waals surface area contributed by atoms with Crippen molar-refractivity contribution in [2.45, 2.75) is 45.7 Å². The van der Waals surface area contributed by atoms with Crippen molar-refractivity contribution in [1.82, 2.24) is 14.3 Å². The van der Waals surface area contributed by atoms with Gasteiger partial charge in [0.15, 0.2) is 5.82 Å². The zero-order valence-corrected chi connectivity index (χ0v) is 19.3. The fourth-order valence-electron chi connectivity index (χ4n) is 3.77. The number of aryl methyl sites for hydroxylation is 2. The van der Waals surface area contributed by atoms with E-state index >= 15 is 0 Å². The number of nitrogens with zero attached hydrogens (tertiary/aromatic N) is 4. The first-order chi connectivity index (χ1) is 15.8. The van der Waals surface area contributed by atoms with Gasteiger partial charge in [-0.1, -0.05) is 18.2 Å². The van der Waals surface area contributed by atoms with Gasteiger partial charge in [0.1, 0.15) is 5.75 Å². The van der Waals surface area contributed by atoms with E-state index in [9.17, 15) is 13.2 Å². The van der Waals surface area contributed by atoms with Gasteiger partial charge in [0, 0.05) is 31.0 Å². The lowest BCUT2D eigenvalue weighted by Gasteiger charge is -2.23. The molecule has 0 amide bonds. The van der Waals surface area contributed by atoms with E-state index in [4.69, 9.17) is 4.74 Å². The van der Waals surface area contributed by atoms with Crippen LogP contribution in [-0.4, -0.2) is 33.7 Å². The van der Waals surface area contributed by atoms with Crippen LogP contribution in [0.3, 0.4) is 0 Å². The summed E-state index contributed by atoms with van der Waals surface area (Å²) >= 11 is 1.02. The van der Waals surface area contributed by atoms with Crippen LogP contribution in [-0.2, 0) is 12.6 Å². The largest absolute Gasteiger partial charge is 0.430 e. The molecule has 1 fully saturated rings. The Morgan fingerprint density at radius 3 is 2.61 bits per heavy atom. The topological polar surface area (TPSA) is 50.6 Å². The van der Waals surface area contributed by atoms with Crippen LogP contribution in [0.2, 0.25) is 0 Å². The Bertz CT molecular complexity index is 1140. The minimum absolute atomic E-state index is 0.0162. The molecule has 1 aliphatic heterocycles. The maximum atomic E-state index is 13.2. The number of aromatic nitrogens is 2. The van der Waals surface area contributed by atoms with Gasteiger partial charge in [-0.05, 0) is 68.0 Å². The molecule has 1 aliphatic rings. The second-order valence-corrected chi connectivity index (χ2v) is 8.87. The molecule has 1 saturated heterocycles. The van der Waals surface area contributed by atoms with E-state index in [1.807, 2.05) is 32.3 Å². The zero-order valence-electron chi connectivity index (χ0n) is 18.5. The Kier molecular flexibility index (Phi) is 6.97. The Hall–Kier alpha value is -2.94. The number of rotatable bonds is 6. The molecule has 0 unspecified atom stereocenters. The number of benzene rings is 2. The normalized spacial score (nSPS) is 14.8. The second-order valence-electron chi connectivity index (χ2n) is 8.16. The van der Waals surface area contributed by atoms with Crippen LogP contribution < -0.4 is 4.74 Å². The minimum Gasteiger partial charge on any atom is -0.430 e. The average Bonchev–Trinajstić information content (AvgIpc) is 3.22. The highest BCUT2D eigenvalue weighted by Gasteiger charge is 2.33. The molecular weight excluding hydrogens is 449 g/mol. The van der Waals surface area contributed by atoms with Gasteiger partial charge in [0.2, 0.25) is 0 Å². The molecule has 2 aromatic carbocycles. The molecule has 0 bridgehead atoms. The third-order valence-electron chi connectivity index (χ3n) is 5.56. The number of likely N-dealkylation sites (tertiary alicyclic amines) is 1. The van der Waals surface area contributed by atoms with Crippen LogP contribution >= 0.6 is 11.5 Å². The van der Waals surface area contributed by atoms with Crippen molar-refractivity contribution in [2.24, 2.45) is 4.99 Å². The molecule has 0 saturated carbocycles. The van der Waals surface area contributed by atoms with Crippen molar-refractivity contribution in [2.75, 3.05) is 13.1 Å². The third kappa shape index (κ3) is 5.90. The highest BCUT2D eigenvalue weighted by atomic mass is 32.1. The predicted molar refractivity (Wildman–Crippen MR) is 124 cm³/mol. The van der Waals surface area contributed by atoms with Crippen molar-refractivity contribution in [3.8, 4) is 10.9 Å². The summed E-state index contributed by atoms with van der Waals surface area (Å²) in [4.78, 5) is 11.2. The van der Waals surface area contributed by atoms with Gasteiger partial charge in [0.25, 0.3) is 5.19 Å². The maximum absolute atomic E-state index is 13.2. The highest BCUT2D eigenvalue weighted by Crippen LogP contribution is 2.34. The van der Waals surface area contributed by atoms with Crippen LogP contribution in [0.25, 0.3) is 0 Å². The van der Waals surface area contributed by atoms with Gasteiger partial charge >= 0.3 is 6.18 Å². The van der Waals surface area contributed by atoms with E-state index in [0.29, 0.717) is 16.8 Å². The van der Waals surface area contributed by atoms with Gasteiger partial charge < -0.3 is 9.64 Å². The van der Waals surface area contributed by atoms with E-state index < -0.39 is 11.7 Å². The lowest BCUT2D eigenvalue weighted by Crippen LogP contribution is -2.28. The molecule has 0 atom stereocenters. The summed E-state index contributed by atoms with van der Waals surface area (Å²) in [5, 5.41) is 0.293. The first kappa shape index (κ1) is 23.2. The van der Waals surface area contributed by atoms with E-state index in [1.165, 1.54) is 31.4 Å². The standard InChI is InChI=1S/C24H25F3N4OS/c1-16-13-21(17(2)12-20(16)28-15-31-10-6-3-7-11-31)32-23-29-22(30-33-23)14-18-8-4-5-9-19(18)24(25,26)27/h4-5,8-9,12-13,15H,3,6-7,10-11,14H2,1-2H3/b28-15+. The average molecular weight is 475 g/mol. The quantitative estimate of drug-likeness (QED) is 0.295. The van der Waals surface area contributed by atoms with Gasteiger partial charge in [-0.15, -0.1) is 0 Å². The van der Waals surface area contributed by atoms with Crippen LogP contribution in [0.15, 0.2) is 41.4 Å². The van der Waals surface area contributed by atoms with E-state index in [2.05, 4.69) is 19.2 Å². The second kappa shape index (κ2) is 9.91. The molecule has 3 aromatic rings. The summed E-state index contributed by atoms with van der Waals surface area (Å²) in [5.41, 5.74) is 2.21. The molecule has 9 heteroatoms. The van der Waals surface area contributed by atoms with Crippen LogP contribution in [0.4, 0.5) is 18.9 Å². The first-order valence-corrected chi connectivity index (χ1v) is 11.6. The molecule has 2 heterocycles. The number of hydrogen-bond donors (Lipinski definition) is 0. The van der Waals surface area contributed by atoms with Gasteiger partial charge in [0.05, 0.1) is 17.6 Å². The molecule has 174 valence electrons. The first-order valence-electron chi connectivity index (χ1n) is 10.8.